The summed E-state index contributed by atoms with van der Waals surface area (Å²) in [5, 5.41) is 10.9. The molecule has 0 saturated carbocycles. The Morgan fingerprint density at radius 1 is 0.811 bits per heavy atom. The third kappa shape index (κ3) is 7.19. The minimum Gasteiger partial charge on any atom is -0.342 e. The zero-order valence-electron chi connectivity index (χ0n) is 21.0. The molecule has 2 fully saturated rings. The first kappa shape index (κ1) is 28.8. The summed E-state index contributed by atoms with van der Waals surface area (Å²) in [6, 6.07) is 4.46. The third-order valence-electron chi connectivity index (χ3n) is 6.61. The van der Waals surface area contributed by atoms with Crippen molar-refractivity contribution in [3.05, 3.63) is 35.9 Å². The standard InChI is InChI=1S/C25H35N5O5S2/c1-14(2)20-24(34)27-17(12-36)22(32)28-18(13-37)25(35)30-10-6-9-19(30)23(33)26-16(21(31)29-20)11-15-7-4-3-5-8-15/h3-5,7-8,14,16-20,36-37H,6,9-13H2,1-2H3,(H,26,33)(H,27,34)(H,28,32)(H,29,31)/t16-,17-,18-,19-,20-/m0/s1. The Morgan fingerprint density at radius 3 is 2.03 bits per heavy atom. The summed E-state index contributed by atoms with van der Waals surface area (Å²) in [6.07, 6.45) is 1.24. The summed E-state index contributed by atoms with van der Waals surface area (Å²) in [7, 11) is 0. The Kier molecular flexibility index (Phi) is 10.3. The van der Waals surface area contributed by atoms with Crippen LogP contribution in [-0.2, 0) is 30.4 Å². The van der Waals surface area contributed by atoms with Gasteiger partial charge in [0.25, 0.3) is 0 Å². The van der Waals surface area contributed by atoms with Gasteiger partial charge < -0.3 is 26.2 Å². The van der Waals surface area contributed by atoms with E-state index in [2.05, 4.69) is 46.5 Å². The smallest absolute Gasteiger partial charge is 0.246 e. The van der Waals surface area contributed by atoms with Crippen LogP contribution in [0.5, 0.6) is 0 Å². The first-order valence-corrected chi connectivity index (χ1v) is 13.7. The number of nitrogens with one attached hydrogen (secondary N) is 4. The summed E-state index contributed by atoms with van der Waals surface area (Å²) in [4.78, 5) is 67.7. The Bertz CT molecular complexity index is 1010. The Hall–Kier alpha value is -2.73. The minimum atomic E-state index is -1.04. The van der Waals surface area contributed by atoms with Crippen LogP contribution < -0.4 is 21.3 Å². The predicted octanol–water partition coefficient (Wildman–Crippen LogP) is -0.311. The molecular formula is C25H35N5O5S2. The molecule has 3 rings (SSSR count). The van der Waals surface area contributed by atoms with E-state index in [1.165, 1.54) is 4.90 Å². The molecule has 2 saturated heterocycles. The molecule has 2 aliphatic rings. The maximum Gasteiger partial charge on any atom is 0.246 e. The van der Waals surface area contributed by atoms with Gasteiger partial charge in [0.15, 0.2) is 0 Å². The fourth-order valence-corrected chi connectivity index (χ4v) is 5.04. The fraction of sp³-hybridized carbons (Fsp3) is 0.560. The normalized spacial score (nSPS) is 28.0. The fourth-order valence-electron chi connectivity index (χ4n) is 4.53. The van der Waals surface area contributed by atoms with Gasteiger partial charge in [0.2, 0.25) is 29.5 Å². The quantitative estimate of drug-likeness (QED) is 0.280. The molecule has 0 aliphatic carbocycles. The van der Waals surface area contributed by atoms with Crippen molar-refractivity contribution in [1.29, 1.82) is 0 Å². The summed E-state index contributed by atoms with van der Waals surface area (Å²) in [5.74, 6) is -2.91. The molecule has 202 valence electrons. The highest BCUT2D eigenvalue weighted by Crippen LogP contribution is 2.20. The van der Waals surface area contributed by atoms with E-state index >= 15 is 0 Å². The maximum absolute atomic E-state index is 13.4. The van der Waals surface area contributed by atoms with E-state index in [1.807, 2.05) is 30.3 Å². The number of carbonyl (C=O) groups is 5. The van der Waals surface area contributed by atoms with Crippen LogP contribution in [0.15, 0.2) is 30.3 Å². The molecule has 2 aliphatic heterocycles. The van der Waals surface area contributed by atoms with Crippen LogP contribution >= 0.6 is 25.3 Å². The lowest BCUT2D eigenvalue weighted by atomic mass is 10.0. The molecule has 0 radical (unpaired) electrons. The molecule has 5 atom stereocenters. The van der Waals surface area contributed by atoms with E-state index < -0.39 is 59.7 Å². The second-order valence-corrected chi connectivity index (χ2v) is 10.4. The summed E-state index contributed by atoms with van der Waals surface area (Å²) in [5.41, 5.74) is 0.825. The van der Waals surface area contributed by atoms with Gasteiger partial charge in [0, 0.05) is 24.5 Å². The maximum atomic E-state index is 13.4. The zero-order valence-corrected chi connectivity index (χ0v) is 22.8. The van der Waals surface area contributed by atoms with Crippen molar-refractivity contribution >= 4 is 54.8 Å². The van der Waals surface area contributed by atoms with Crippen LogP contribution in [0.2, 0.25) is 0 Å². The molecule has 12 heteroatoms. The van der Waals surface area contributed by atoms with Crippen LogP contribution in [0, 0.1) is 5.92 Å². The van der Waals surface area contributed by atoms with Gasteiger partial charge in [0.1, 0.15) is 30.2 Å². The number of nitrogens with zero attached hydrogens (tertiary/aromatic N) is 1. The number of hydrogen-bond acceptors (Lipinski definition) is 7. The van der Waals surface area contributed by atoms with Crippen molar-refractivity contribution in [2.75, 3.05) is 18.1 Å². The molecule has 1 aromatic rings. The molecule has 37 heavy (non-hydrogen) atoms. The van der Waals surface area contributed by atoms with E-state index in [-0.39, 0.29) is 23.8 Å². The predicted molar refractivity (Wildman–Crippen MR) is 145 cm³/mol. The zero-order chi connectivity index (χ0) is 27.1. The van der Waals surface area contributed by atoms with Gasteiger partial charge in [-0.2, -0.15) is 25.3 Å². The Labute approximate surface area is 227 Å². The van der Waals surface area contributed by atoms with Crippen molar-refractivity contribution < 1.29 is 24.0 Å². The highest BCUT2D eigenvalue weighted by Gasteiger charge is 2.40. The summed E-state index contributed by atoms with van der Waals surface area (Å²) in [6.45, 7) is 3.88. The number of carbonyl (C=O) groups excluding carboxylic acids is 5. The highest BCUT2D eigenvalue weighted by atomic mass is 32.1. The van der Waals surface area contributed by atoms with Crippen molar-refractivity contribution in [3.8, 4) is 0 Å². The second-order valence-electron chi connectivity index (χ2n) is 9.66. The van der Waals surface area contributed by atoms with Crippen LogP contribution in [-0.4, -0.2) is 82.7 Å². The van der Waals surface area contributed by atoms with E-state index in [9.17, 15) is 24.0 Å². The monoisotopic (exact) mass is 549 g/mol. The molecule has 0 aromatic heterocycles. The largest absolute Gasteiger partial charge is 0.342 e. The first-order chi connectivity index (χ1) is 17.7. The number of amides is 5. The van der Waals surface area contributed by atoms with Crippen LogP contribution in [0.3, 0.4) is 0 Å². The molecule has 5 amide bonds. The van der Waals surface area contributed by atoms with E-state index in [0.29, 0.717) is 19.4 Å². The Morgan fingerprint density at radius 2 is 1.41 bits per heavy atom. The summed E-state index contributed by atoms with van der Waals surface area (Å²) < 4.78 is 0. The van der Waals surface area contributed by atoms with E-state index in [0.717, 1.165) is 5.56 Å². The van der Waals surface area contributed by atoms with Gasteiger partial charge in [0.05, 0.1) is 0 Å². The number of rotatable bonds is 5. The second kappa shape index (κ2) is 13.2. The van der Waals surface area contributed by atoms with Gasteiger partial charge in [-0.15, -0.1) is 0 Å². The highest BCUT2D eigenvalue weighted by molar-refractivity contribution is 7.80. The molecule has 2 heterocycles. The lowest BCUT2D eigenvalue weighted by Gasteiger charge is -2.29. The SMILES string of the molecule is CC(C)[C@@H]1NC(=O)[C@H](Cc2ccccc2)NC(=O)[C@@H]2CCCN2C(=O)[C@H](CS)NC(=O)[C@H](CS)NC1=O. The molecular weight excluding hydrogens is 514 g/mol. The van der Waals surface area contributed by atoms with Gasteiger partial charge in [-0.1, -0.05) is 44.2 Å². The summed E-state index contributed by atoms with van der Waals surface area (Å²) >= 11 is 8.44. The number of thiol groups is 2. The van der Waals surface area contributed by atoms with Crippen LogP contribution in [0.25, 0.3) is 0 Å². The number of hydrogen-bond donors (Lipinski definition) is 6. The lowest BCUT2D eigenvalue weighted by molar-refractivity contribution is -0.141. The molecule has 4 N–H and O–H groups in total. The number of benzene rings is 1. The molecule has 0 spiro atoms. The van der Waals surface area contributed by atoms with E-state index in [1.54, 1.807) is 13.8 Å². The topological polar surface area (TPSA) is 137 Å². The number of fused-ring (bicyclic) bond motifs is 1. The van der Waals surface area contributed by atoms with Gasteiger partial charge in [-0.3, -0.25) is 24.0 Å². The average Bonchev–Trinajstić information content (AvgIpc) is 3.37. The van der Waals surface area contributed by atoms with Gasteiger partial charge in [-0.25, -0.2) is 0 Å². The Balaban J connectivity index is 1.99. The third-order valence-corrected chi connectivity index (χ3v) is 7.34. The van der Waals surface area contributed by atoms with Gasteiger partial charge in [-0.05, 0) is 24.3 Å². The van der Waals surface area contributed by atoms with Crippen molar-refractivity contribution in [2.45, 2.75) is 63.3 Å². The molecule has 0 unspecified atom stereocenters. The minimum absolute atomic E-state index is 0.00788. The molecule has 10 nitrogen and oxygen atoms in total. The molecule has 1 aromatic carbocycles. The van der Waals surface area contributed by atoms with Crippen LogP contribution in [0.1, 0.15) is 32.3 Å². The van der Waals surface area contributed by atoms with Gasteiger partial charge >= 0.3 is 0 Å². The lowest BCUT2D eigenvalue weighted by Crippen LogP contribution is -2.59. The van der Waals surface area contributed by atoms with Crippen molar-refractivity contribution in [1.82, 2.24) is 26.2 Å². The average molecular weight is 550 g/mol. The van der Waals surface area contributed by atoms with Crippen molar-refractivity contribution in [2.24, 2.45) is 5.92 Å². The molecule has 0 bridgehead atoms. The van der Waals surface area contributed by atoms with E-state index in [4.69, 9.17) is 0 Å². The van der Waals surface area contributed by atoms with Crippen molar-refractivity contribution in [3.63, 3.8) is 0 Å². The van der Waals surface area contributed by atoms with Crippen LogP contribution in [0.4, 0.5) is 0 Å². The first-order valence-electron chi connectivity index (χ1n) is 12.4.